The minimum atomic E-state index is -0.272. The number of likely N-dealkylation sites (tertiary alicyclic amines) is 1. The molecule has 9 heteroatoms. The Morgan fingerprint density at radius 3 is 2.64 bits per heavy atom. The Labute approximate surface area is 193 Å². The first kappa shape index (κ1) is 20.2. The fourth-order valence-corrected chi connectivity index (χ4v) is 5.16. The van der Waals surface area contributed by atoms with E-state index in [-0.39, 0.29) is 11.1 Å². The van der Waals surface area contributed by atoms with Crippen molar-refractivity contribution in [2.24, 2.45) is 0 Å². The van der Waals surface area contributed by atoms with E-state index in [0.717, 1.165) is 41.7 Å². The molecule has 0 radical (unpaired) electrons. The first-order valence-electron chi connectivity index (χ1n) is 11.0. The molecular formula is C24H22N6O2S. The SMILES string of the molecule is O=c1[nH]c(CSc2nnc(CN3CCCC3)n2-c2ccccc2)nc2c1oc1ccccc12. The maximum atomic E-state index is 12.6. The molecule has 5 aromatic rings. The summed E-state index contributed by atoms with van der Waals surface area (Å²) < 4.78 is 7.80. The number of fused-ring (bicyclic) bond motifs is 3. The van der Waals surface area contributed by atoms with Gasteiger partial charge in [-0.1, -0.05) is 42.1 Å². The number of hydrogen-bond donors (Lipinski definition) is 1. The topological polar surface area (TPSA) is 92.8 Å². The number of nitrogens with zero attached hydrogens (tertiary/aromatic N) is 5. The number of aromatic amines is 1. The molecule has 8 nitrogen and oxygen atoms in total. The van der Waals surface area contributed by atoms with Gasteiger partial charge in [0.2, 0.25) is 5.58 Å². The Balaban J connectivity index is 1.33. The third-order valence-corrected chi connectivity index (χ3v) is 6.84. The lowest BCUT2D eigenvalue weighted by Crippen LogP contribution is -2.21. The van der Waals surface area contributed by atoms with E-state index < -0.39 is 0 Å². The molecule has 166 valence electrons. The second kappa shape index (κ2) is 8.49. The van der Waals surface area contributed by atoms with Crippen LogP contribution in [0.15, 0.2) is 69.0 Å². The molecule has 4 heterocycles. The van der Waals surface area contributed by atoms with Crippen LogP contribution in [0.5, 0.6) is 0 Å². The normalized spacial score (nSPS) is 14.5. The summed E-state index contributed by atoms with van der Waals surface area (Å²) in [5, 5.41) is 10.6. The zero-order valence-corrected chi connectivity index (χ0v) is 18.7. The number of nitrogens with one attached hydrogen (secondary N) is 1. The van der Waals surface area contributed by atoms with Crippen LogP contribution in [0, 0.1) is 0 Å². The Morgan fingerprint density at radius 2 is 1.79 bits per heavy atom. The lowest BCUT2D eigenvalue weighted by molar-refractivity contribution is 0.319. The van der Waals surface area contributed by atoms with Gasteiger partial charge in [0.05, 0.1) is 12.3 Å². The summed E-state index contributed by atoms with van der Waals surface area (Å²) in [6, 6.07) is 17.7. The van der Waals surface area contributed by atoms with Crippen molar-refractivity contribution < 1.29 is 4.42 Å². The minimum Gasteiger partial charge on any atom is -0.449 e. The fourth-order valence-electron chi connectivity index (χ4n) is 4.32. The van der Waals surface area contributed by atoms with Crippen molar-refractivity contribution in [2.75, 3.05) is 13.1 Å². The standard InChI is InChI=1S/C24H22N6O2S/c31-23-22-21(17-10-4-5-11-18(17)32-22)25-19(26-23)15-33-24-28-27-20(14-29-12-6-7-13-29)30(24)16-8-2-1-3-9-16/h1-5,8-11H,6-7,12-15H2,(H,25,26,31). The molecule has 0 amide bonds. The summed E-state index contributed by atoms with van der Waals surface area (Å²) in [6.45, 7) is 2.95. The van der Waals surface area contributed by atoms with Crippen LogP contribution in [0.1, 0.15) is 24.5 Å². The van der Waals surface area contributed by atoms with Gasteiger partial charge in [0, 0.05) is 11.1 Å². The molecule has 3 aromatic heterocycles. The molecule has 1 aliphatic heterocycles. The molecule has 1 N–H and O–H groups in total. The van der Waals surface area contributed by atoms with Gasteiger partial charge in [-0.15, -0.1) is 10.2 Å². The Morgan fingerprint density at radius 1 is 1.00 bits per heavy atom. The summed E-state index contributed by atoms with van der Waals surface area (Å²) in [5.41, 5.74) is 2.25. The summed E-state index contributed by atoms with van der Waals surface area (Å²) in [6.07, 6.45) is 2.45. The Kier molecular flexibility index (Phi) is 5.20. The van der Waals surface area contributed by atoms with Crippen LogP contribution in [-0.4, -0.2) is 42.7 Å². The molecule has 0 unspecified atom stereocenters. The van der Waals surface area contributed by atoms with Crippen LogP contribution in [0.25, 0.3) is 27.8 Å². The smallest absolute Gasteiger partial charge is 0.294 e. The van der Waals surface area contributed by atoms with Gasteiger partial charge in [0.25, 0.3) is 5.56 Å². The van der Waals surface area contributed by atoms with Crippen LogP contribution in [-0.2, 0) is 12.3 Å². The number of furan rings is 1. The van der Waals surface area contributed by atoms with E-state index >= 15 is 0 Å². The van der Waals surface area contributed by atoms with Crippen LogP contribution in [0.2, 0.25) is 0 Å². The molecule has 0 spiro atoms. The van der Waals surface area contributed by atoms with Crippen LogP contribution in [0.3, 0.4) is 0 Å². The highest BCUT2D eigenvalue weighted by atomic mass is 32.2. The third kappa shape index (κ3) is 3.83. The molecule has 0 aliphatic carbocycles. The minimum absolute atomic E-state index is 0.255. The van der Waals surface area contributed by atoms with E-state index in [1.54, 1.807) is 0 Å². The predicted molar refractivity (Wildman–Crippen MR) is 128 cm³/mol. The van der Waals surface area contributed by atoms with Crippen molar-refractivity contribution >= 4 is 33.8 Å². The van der Waals surface area contributed by atoms with E-state index in [2.05, 4.69) is 36.8 Å². The molecule has 0 atom stereocenters. The van der Waals surface area contributed by atoms with Crippen molar-refractivity contribution in [3.8, 4) is 5.69 Å². The number of thioether (sulfide) groups is 1. The Bertz CT molecular complexity index is 1480. The number of para-hydroxylation sites is 2. The zero-order valence-electron chi connectivity index (χ0n) is 17.9. The number of hydrogen-bond acceptors (Lipinski definition) is 7. The van der Waals surface area contributed by atoms with Crippen LogP contribution in [0.4, 0.5) is 0 Å². The van der Waals surface area contributed by atoms with Crippen molar-refractivity contribution in [1.29, 1.82) is 0 Å². The monoisotopic (exact) mass is 458 g/mol. The fraction of sp³-hybridized carbons (Fsp3) is 0.250. The summed E-state index contributed by atoms with van der Waals surface area (Å²) in [5.74, 6) is 1.95. The van der Waals surface area contributed by atoms with Gasteiger partial charge in [-0.25, -0.2) is 4.98 Å². The molecule has 1 fully saturated rings. The van der Waals surface area contributed by atoms with E-state index in [9.17, 15) is 4.79 Å². The van der Waals surface area contributed by atoms with Crippen molar-refractivity contribution in [3.63, 3.8) is 0 Å². The molecule has 6 rings (SSSR count). The third-order valence-electron chi connectivity index (χ3n) is 5.90. The Hall–Kier alpha value is -3.43. The molecule has 2 aromatic carbocycles. The van der Waals surface area contributed by atoms with E-state index in [4.69, 9.17) is 9.40 Å². The van der Waals surface area contributed by atoms with E-state index in [1.165, 1.54) is 24.6 Å². The molecule has 1 saturated heterocycles. The van der Waals surface area contributed by atoms with Crippen molar-refractivity contribution in [1.82, 2.24) is 29.6 Å². The van der Waals surface area contributed by atoms with Gasteiger partial charge in [0.15, 0.2) is 11.0 Å². The zero-order chi connectivity index (χ0) is 22.2. The largest absolute Gasteiger partial charge is 0.449 e. The highest BCUT2D eigenvalue weighted by Crippen LogP contribution is 2.28. The quantitative estimate of drug-likeness (QED) is 0.382. The average molecular weight is 459 g/mol. The van der Waals surface area contributed by atoms with Gasteiger partial charge in [-0.2, -0.15) is 0 Å². The highest BCUT2D eigenvalue weighted by molar-refractivity contribution is 7.98. The van der Waals surface area contributed by atoms with E-state index in [0.29, 0.717) is 22.7 Å². The number of benzene rings is 2. The van der Waals surface area contributed by atoms with E-state index in [1.807, 2.05) is 42.5 Å². The van der Waals surface area contributed by atoms with Gasteiger partial charge in [0.1, 0.15) is 16.9 Å². The maximum absolute atomic E-state index is 12.6. The van der Waals surface area contributed by atoms with Crippen molar-refractivity contribution in [3.05, 3.63) is 76.6 Å². The maximum Gasteiger partial charge on any atom is 0.294 e. The molecular weight excluding hydrogens is 436 g/mol. The number of rotatable bonds is 6. The second-order valence-electron chi connectivity index (χ2n) is 8.13. The van der Waals surface area contributed by atoms with Gasteiger partial charge in [-0.05, 0) is 50.2 Å². The highest BCUT2D eigenvalue weighted by Gasteiger charge is 2.20. The average Bonchev–Trinajstić information content (AvgIpc) is 3.58. The molecule has 1 aliphatic rings. The molecule has 33 heavy (non-hydrogen) atoms. The summed E-state index contributed by atoms with van der Waals surface area (Å²) in [4.78, 5) is 22.6. The lowest BCUT2D eigenvalue weighted by atomic mass is 10.2. The number of H-pyrrole nitrogens is 1. The molecule has 0 saturated carbocycles. The van der Waals surface area contributed by atoms with Gasteiger partial charge in [-0.3, -0.25) is 14.3 Å². The van der Waals surface area contributed by atoms with Gasteiger partial charge >= 0.3 is 0 Å². The summed E-state index contributed by atoms with van der Waals surface area (Å²) in [7, 11) is 0. The lowest BCUT2D eigenvalue weighted by Gasteiger charge is -2.15. The van der Waals surface area contributed by atoms with Gasteiger partial charge < -0.3 is 9.40 Å². The molecule has 0 bridgehead atoms. The van der Waals surface area contributed by atoms with Crippen LogP contribution >= 0.6 is 11.8 Å². The predicted octanol–water partition coefficient (Wildman–Crippen LogP) is 4.14. The first-order valence-corrected chi connectivity index (χ1v) is 12.0. The second-order valence-corrected chi connectivity index (χ2v) is 9.07. The first-order chi connectivity index (χ1) is 16.3. The summed E-state index contributed by atoms with van der Waals surface area (Å²) >= 11 is 1.51. The van der Waals surface area contributed by atoms with Crippen molar-refractivity contribution in [2.45, 2.75) is 30.3 Å². The number of aromatic nitrogens is 5. The van der Waals surface area contributed by atoms with Crippen LogP contribution < -0.4 is 5.56 Å².